The van der Waals surface area contributed by atoms with Gasteiger partial charge in [-0.15, -0.1) is 12.3 Å². The Hall–Kier alpha value is -1.11. The molecule has 0 bridgehead atoms. The molecule has 0 saturated carbocycles. The lowest BCUT2D eigenvalue weighted by Crippen LogP contribution is -2.25. The SMILES string of the molecule is C#CCCCCNS(=O)(=O)c1ccc(I)c(C(=O)O)c1. The zero-order valence-corrected chi connectivity index (χ0v) is 13.6. The maximum atomic E-state index is 12.0. The summed E-state index contributed by atoms with van der Waals surface area (Å²) in [7, 11) is -3.69. The number of nitrogens with one attached hydrogen (secondary N) is 1. The number of unbranched alkanes of at least 4 members (excludes halogenated alkanes) is 2. The van der Waals surface area contributed by atoms with Gasteiger partial charge in [0.1, 0.15) is 0 Å². The molecule has 0 radical (unpaired) electrons. The van der Waals surface area contributed by atoms with Crippen LogP contribution in [0.15, 0.2) is 23.1 Å². The van der Waals surface area contributed by atoms with Crippen molar-refractivity contribution in [3.8, 4) is 12.3 Å². The summed E-state index contributed by atoms with van der Waals surface area (Å²) in [5.41, 5.74) is -0.0270. The molecule has 0 unspecified atom stereocenters. The minimum absolute atomic E-state index is 0.0270. The maximum Gasteiger partial charge on any atom is 0.336 e. The van der Waals surface area contributed by atoms with Crippen LogP contribution >= 0.6 is 22.6 Å². The monoisotopic (exact) mass is 407 g/mol. The highest BCUT2D eigenvalue weighted by atomic mass is 127. The molecule has 0 aliphatic rings. The Morgan fingerprint density at radius 3 is 2.70 bits per heavy atom. The summed E-state index contributed by atoms with van der Waals surface area (Å²) in [6, 6.07) is 4.02. The molecule has 0 atom stereocenters. The Morgan fingerprint density at radius 1 is 1.40 bits per heavy atom. The molecule has 20 heavy (non-hydrogen) atoms. The Balaban J connectivity index is 2.80. The molecule has 0 fully saturated rings. The summed E-state index contributed by atoms with van der Waals surface area (Å²) >= 11 is 1.85. The predicted octanol–water partition coefficient (Wildman–Crippen LogP) is 2.07. The van der Waals surface area contributed by atoms with Crippen LogP contribution in [0.25, 0.3) is 0 Å². The van der Waals surface area contributed by atoms with Gasteiger partial charge in [0.05, 0.1) is 10.5 Å². The second-order valence-corrected chi connectivity index (χ2v) is 6.93. The Kier molecular flexibility index (Phi) is 6.45. The van der Waals surface area contributed by atoms with Crippen molar-refractivity contribution < 1.29 is 18.3 Å². The van der Waals surface area contributed by atoms with Crippen LogP contribution in [-0.4, -0.2) is 26.0 Å². The molecule has 0 saturated heterocycles. The van der Waals surface area contributed by atoms with Crippen LogP contribution in [0, 0.1) is 15.9 Å². The van der Waals surface area contributed by atoms with Crippen molar-refractivity contribution in [2.24, 2.45) is 0 Å². The third-order valence-corrected chi connectivity index (χ3v) is 4.92. The molecule has 1 aromatic rings. The van der Waals surface area contributed by atoms with Gasteiger partial charge >= 0.3 is 5.97 Å². The summed E-state index contributed by atoms with van der Waals surface area (Å²) in [4.78, 5) is 10.9. The maximum absolute atomic E-state index is 12.0. The first-order valence-electron chi connectivity index (χ1n) is 5.84. The van der Waals surface area contributed by atoms with Gasteiger partial charge in [-0.25, -0.2) is 17.9 Å². The molecule has 1 rings (SSSR count). The number of hydrogen-bond donors (Lipinski definition) is 2. The first-order valence-corrected chi connectivity index (χ1v) is 8.40. The van der Waals surface area contributed by atoms with E-state index in [0.29, 0.717) is 16.4 Å². The highest BCUT2D eigenvalue weighted by molar-refractivity contribution is 14.1. The van der Waals surface area contributed by atoms with Crippen molar-refractivity contribution >= 4 is 38.6 Å². The van der Waals surface area contributed by atoms with E-state index < -0.39 is 16.0 Å². The lowest BCUT2D eigenvalue weighted by atomic mass is 10.2. The molecule has 0 heterocycles. The third-order valence-electron chi connectivity index (χ3n) is 2.52. The van der Waals surface area contributed by atoms with E-state index in [1.165, 1.54) is 12.1 Å². The first-order chi connectivity index (χ1) is 9.38. The Bertz CT molecular complexity index is 634. The molecular formula is C13H14INO4S. The highest BCUT2D eigenvalue weighted by Gasteiger charge is 2.17. The van der Waals surface area contributed by atoms with Crippen LogP contribution in [0.2, 0.25) is 0 Å². The number of sulfonamides is 1. The lowest BCUT2D eigenvalue weighted by Gasteiger charge is -2.08. The smallest absolute Gasteiger partial charge is 0.336 e. The molecule has 0 aliphatic heterocycles. The minimum atomic E-state index is -3.69. The van der Waals surface area contributed by atoms with Gasteiger partial charge in [-0.3, -0.25) is 0 Å². The molecule has 0 spiro atoms. The van der Waals surface area contributed by atoms with E-state index in [1.54, 1.807) is 0 Å². The van der Waals surface area contributed by atoms with E-state index in [9.17, 15) is 13.2 Å². The van der Waals surface area contributed by atoms with Gasteiger partial charge in [-0.2, -0.15) is 0 Å². The molecule has 0 amide bonds. The second-order valence-electron chi connectivity index (χ2n) is 4.01. The molecule has 2 N–H and O–H groups in total. The van der Waals surface area contributed by atoms with E-state index in [-0.39, 0.29) is 17.0 Å². The predicted molar refractivity (Wildman–Crippen MR) is 84.0 cm³/mol. The van der Waals surface area contributed by atoms with Crippen LogP contribution in [-0.2, 0) is 10.0 Å². The molecule has 1 aromatic carbocycles. The van der Waals surface area contributed by atoms with E-state index in [0.717, 1.165) is 12.5 Å². The van der Waals surface area contributed by atoms with Crippen LogP contribution in [0.5, 0.6) is 0 Å². The van der Waals surface area contributed by atoms with Crippen molar-refractivity contribution in [1.82, 2.24) is 4.72 Å². The third kappa shape index (κ3) is 4.77. The lowest BCUT2D eigenvalue weighted by molar-refractivity contribution is 0.0695. The number of hydrogen-bond acceptors (Lipinski definition) is 3. The Labute approximate surface area is 132 Å². The van der Waals surface area contributed by atoms with Gasteiger partial charge in [0.15, 0.2) is 0 Å². The normalized spacial score (nSPS) is 11.0. The summed E-state index contributed by atoms with van der Waals surface area (Å²) in [5, 5.41) is 8.99. The van der Waals surface area contributed by atoms with Crippen molar-refractivity contribution in [2.45, 2.75) is 24.2 Å². The molecular weight excluding hydrogens is 393 g/mol. The number of aromatic carboxylic acids is 1. The standard InChI is InChI=1S/C13H14INO4S/c1-2-3-4-5-8-15-20(18,19)10-6-7-12(14)11(9-10)13(16)17/h1,6-7,9,15H,3-5,8H2,(H,16,17). The number of rotatable bonds is 7. The largest absolute Gasteiger partial charge is 0.478 e. The van der Waals surface area contributed by atoms with Crippen molar-refractivity contribution in [1.29, 1.82) is 0 Å². The topological polar surface area (TPSA) is 83.5 Å². The first kappa shape index (κ1) is 16.9. The summed E-state index contributed by atoms with van der Waals surface area (Å²) in [5.74, 6) is 1.33. The van der Waals surface area contributed by atoms with Crippen molar-refractivity contribution in [2.75, 3.05) is 6.54 Å². The molecule has 108 valence electrons. The Morgan fingerprint density at radius 2 is 2.10 bits per heavy atom. The van der Waals surface area contributed by atoms with Gasteiger partial charge in [-0.05, 0) is 53.6 Å². The van der Waals surface area contributed by atoms with Crippen LogP contribution < -0.4 is 4.72 Å². The van der Waals surface area contributed by atoms with Gasteiger partial charge in [0.25, 0.3) is 0 Å². The molecule has 0 aromatic heterocycles. The fourth-order valence-electron chi connectivity index (χ4n) is 1.48. The zero-order chi connectivity index (χ0) is 15.2. The molecule has 5 nitrogen and oxygen atoms in total. The van der Waals surface area contributed by atoms with Crippen molar-refractivity contribution in [3.63, 3.8) is 0 Å². The van der Waals surface area contributed by atoms with Crippen LogP contribution in [0.4, 0.5) is 0 Å². The number of carboxylic acids is 1. The number of carboxylic acid groups (broad SMARTS) is 1. The molecule has 0 aliphatic carbocycles. The average molecular weight is 407 g/mol. The van der Waals surface area contributed by atoms with Crippen LogP contribution in [0.3, 0.4) is 0 Å². The van der Waals surface area contributed by atoms with Gasteiger partial charge in [-0.1, -0.05) is 0 Å². The van der Waals surface area contributed by atoms with E-state index in [1.807, 2.05) is 22.6 Å². The summed E-state index contributed by atoms with van der Waals surface area (Å²) < 4.78 is 26.9. The fourth-order valence-corrected chi connectivity index (χ4v) is 3.14. The van der Waals surface area contributed by atoms with Crippen LogP contribution in [0.1, 0.15) is 29.6 Å². The van der Waals surface area contributed by atoms with Gasteiger partial charge in [0.2, 0.25) is 10.0 Å². The molecule has 7 heteroatoms. The summed E-state index contributed by atoms with van der Waals surface area (Å²) in [6.07, 6.45) is 7.09. The number of benzene rings is 1. The van der Waals surface area contributed by atoms with Gasteiger partial charge in [0, 0.05) is 16.5 Å². The van der Waals surface area contributed by atoms with E-state index >= 15 is 0 Å². The average Bonchev–Trinajstić information content (AvgIpc) is 2.38. The number of halogens is 1. The number of carbonyl (C=O) groups is 1. The number of terminal acetylenes is 1. The van der Waals surface area contributed by atoms with E-state index in [2.05, 4.69) is 10.6 Å². The minimum Gasteiger partial charge on any atom is -0.478 e. The quantitative estimate of drug-likeness (QED) is 0.412. The summed E-state index contributed by atoms with van der Waals surface area (Å²) in [6.45, 7) is 0.276. The van der Waals surface area contributed by atoms with Crippen molar-refractivity contribution in [3.05, 3.63) is 27.3 Å². The second kappa shape index (κ2) is 7.61. The van der Waals surface area contributed by atoms with Gasteiger partial charge < -0.3 is 5.11 Å². The van der Waals surface area contributed by atoms with E-state index in [4.69, 9.17) is 11.5 Å². The highest BCUT2D eigenvalue weighted by Crippen LogP contribution is 2.18. The fraction of sp³-hybridized carbons (Fsp3) is 0.308. The zero-order valence-electron chi connectivity index (χ0n) is 10.6.